The summed E-state index contributed by atoms with van der Waals surface area (Å²) in [5, 5.41) is 0.0230. The second-order valence-electron chi connectivity index (χ2n) is 14.0. The molecule has 4 aliphatic rings. The van der Waals surface area contributed by atoms with Gasteiger partial charge in [-0.2, -0.15) is 0 Å². The second kappa shape index (κ2) is 10.7. The van der Waals surface area contributed by atoms with Crippen molar-refractivity contribution in [2.75, 3.05) is 7.11 Å². The van der Waals surface area contributed by atoms with E-state index in [0.29, 0.717) is 6.42 Å². The smallest absolute Gasteiger partial charge is 0.335 e. The normalized spacial score (nSPS) is 41.4. The summed E-state index contributed by atoms with van der Waals surface area (Å²) >= 11 is 0. The van der Waals surface area contributed by atoms with Gasteiger partial charge in [-0.15, -0.1) is 6.58 Å². The molecule has 4 rings (SSSR count). The van der Waals surface area contributed by atoms with Gasteiger partial charge in [-0.05, 0) is 56.3 Å². The molecule has 1 spiro atoms. The van der Waals surface area contributed by atoms with E-state index < -0.39 is 26.1 Å². The van der Waals surface area contributed by atoms with Gasteiger partial charge in [-0.1, -0.05) is 58.9 Å². The summed E-state index contributed by atoms with van der Waals surface area (Å²) in [5.41, 5.74) is 0.237. The maximum Gasteiger partial charge on any atom is 0.335 e. The molecule has 0 radical (unpaired) electrons. The molecule has 218 valence electrons. The minimum atomic E-state index is -2.12. The van der Waals surface area contributed by atoms with Gasteiger partial charge in [-0.25, -0.2) is 4.79 Å². The van der Waals surface area contributed by atoms with E-state index in [1.54, 1.807) is 7.11 Å². The van der Waals surface area contributed by atoms with Crippen molar-refractivity contribution in [3.05, 3.63) is 36.5 Å². The average molecular weight is 559 g/mol. The summed E-state index contributed by atoms with van der Waals surface area (Å²) in [4.78, 5) is 27.6. The minimum absolute atomic E-state index is 0.0230. The Morgan fingerprint density at radius 1 is 1.23 bits per heavy atom. The molecule has 0 N–H and O–H groups in total. The molecule has 0 aromatic rings. The molecule has 2 fully saturated rings. The van der Waals surface area contributed by atoms with Crippen LogP contribution in [0.1, 0.15) is 61.3 Å². The van der Waals surface area contributed by atoms with Crippen molar-refractivity contribution in [3.8, 4) is 0 Å². The number of cyclic esters (lactones) is 1. The first-order valence-corrected chi connectivity index (χ1v) is 17.6. The first-order chi connectivity index (χ1) is 18.1. The summed E-state index contributed by atoms with van der Waals surface area (Å²) < 4.78 is 25.8. The Kier molecular flexibility index (Phi) is 8.34. The summed E-state index contributed by atoms with van der Waals surface area (Å²) in [6, 6.07) is 0. The highest BCUT2D eigenvalue weighted by Crippen LogP contribution is 2.61. The van der Waals surface area contributed by atoms with Crippen molar-refractivity contribution in [1.82, 2.24) is 0 Å². The topological polar surface area (TPSA) is 71.1 Å². The fourth-order valence-electron chi connectivity index (χ4n) is 7.45. The molecule has 0 amide bonds. The Morgan fingerprint density at radius 3 is 2.49 bits per heavy atom. The van der Waals surface area contributed by atoms with Crippen LogP contribution in [0.15, 0.2) is 36.5 Å². The largest absolute Gasteiger partial charge is 0.457 e. The van der Waals surface area contributed by atoms with Crippen LogP contribution >= 0.6 is 0 Å². The number of rotatable bonds is 6. The molecule has 2 heterocycles. The number of allylic oxidation sites excluding steroid dienone is 1. The maximum absolute atomic E-state index is 14.0. The number of carbonyl (C=O) groups is 2. The zero-order valence-electron chi connectivity index (χ0n) is 25.7. The minimum Gasteiger partial charge on any atom is -0.457 e. The molecule has 0 unspecified atom stereocenters. The molecule has 1 saturated heterocycles. The van der Waals surface area contributed by atoms with Gasteiger partial charge in [0, 0.05) is 30.8 Å². The number of methoxy groups -OCH3 is 1. The standard InChI is InChI=1S/C32H50O6Si/c1-12-13-23-20(4)27(33)26-24-15-14-22-17-25(35-9)30(34)36-28(21(5)38-39(10,11)31(6,7)8)18(2)16-19(3)32(22,26)37-29(23)24/h12,14-16,18,20-26,28-29H,1,13,17H2,2-11H3/t18-,20-,21-,22-,23-,24-,25+,26+,28+,29+,32+/m1/s1. The molecular formula is C32H50O6Si. The number of hydrogen-bond donors (Lipinski definition) is 0. The fourth-order valence-corrected chi connectivity index (χ4v) is 8.87. The van der Waals surface area contributed by atoms with Crippen LogP contribution in [0.2, 0.25) is 18.1 Å². The fraction of sp³-hybridized carbons (Fsp3) is 0.750. The third-order valence-electron chi connectivity index (χ3n) is 10.6. The Morgan fingerprint density at radius 2 is 1.90 bits per heavy atom. The van der Waals surface area contributed by atoms with E-state index in [0.717, 1.165) is 12.0 Å². The molecular weight excluding hydrogens is 508 g/mol. The summed E-state index contributed by atoms with van der Waals surface area (Å²) in [7, 11) is -0.567. The van der Waals surface area contributed by atoms with Gasteiger partial charge >= 0.3 is 5.97 Å². The number of esters is 1. The predicted octanol–water partition coefficient (Wildman–Crippen LogP) is 6.28. The zero-order chi connectivity index (χ0) is 29.1. The molecule has 11 atom stereocenters. The molecule has 7 heteroatoms. The number of carbonyl (C=O) groups excluding carboxylic acids is 2. The lowest BCUT2D eigenvalue weighted by Crippen LogP contribution is -2.54. The van der Waals surface area contributed by atoms with E-state index in [4.69, 9.17) is 18.6 Å². The Labute approximate surface area is 236 Å². The summed E-state index contributed by atoms with van der Waals surface area (Å²) in [6.07, 6.45) is 7.92. The van der Waals surface area contributed by atoms with E-state index >= 15 is 0 Å². The monoisotopic (exact) mass is 558 g/mol. The maximum atomic E-state index is 14.0. The van der Waals surface area contributed by atoms with Crippen molar-refractivity contribution < 1.29 is 28.2 Å². The third-order valence-corrected chi connectivity index (χ3v) is 15.2. The lowest BCUT2D eigenvalue weighted by molar-refractivity contribution is -0.171. The van der Waals surface area contributed by atoms with Crippen LogP contribution in [0.4, 0.5) is 0 Å². The van der Waals surface area contributed by atoms with Crippen LogP contribution in [0.5, 0.6) is 0 Å². The van der Waals surface area contributed by atoms with E-state index in [9.17, 15) is 9.59 Å². The molecule has 0 aromatic heterocycles. The number of ketones is 1. The Balaban J connectivity index is 1.79. The van der Waals surface area contributed by atoms with Crippen LogP contribution in [-0.2, 0) is 28.2 Å². The SMILES string of the molecule is C=CC[C@H]1[C@@H]2O[C@@]34C(C)=C[C@@H](C)[C@@H]([C@@H](C)O[Si](C)(C)C(C)(C)C)OC(=O)[C@@H](OC)C[C@H]3C=C[C@@H]2[C@H]4C(=O)[C@@H]1C. The lowest BCUT2D eigenvalue weighted by atomic mass is 9.56. The van der Waals surface area contributed by atoms with Crippen LogP contribution in [0.25, 0.3) is 0 Å². The van der Waals surface area contributed by atoms with Gasteiger partial charge in [0.2, 0.25) is 0 Å². The van der Waals surface area contributed by atoms with Gasteiger partial charge in [-0.3, -0.25) is 4.79 Å². The Hall–Kier alpha value is -1.54. The van der Waals surface area contributed by atoms with Crippen LogP contribution in [0.3, 0.4) is 0 Å². The van der Waals surface area contributed by atoms with Crippen molar-refractivity contribution in [2.24, 2.45) is 35.5 Å². The van der Waals surface area contributed by atoms with Crippen molar-refractivity contribution >= 4 is 20.1 Å². The van der Waals surface area contributed by atoms with E-state index in [-0.39, 0.29) is 64.5 Å². The van der Waals surface area contributed by atoms with Gasteiger partial charge in [0.15, 0.2) is 14.4 Å². The van der Waals surface area contributed by atoms with E-state index in [1.807, 2.05) is 19.9 Å². The highest BCUT2D eigenvalue weighted by Gasteiger charge is 2.68. The first-order valence-electron chi connectivity index (χ1n) is 14.7. The third kappa shape index (κ3) is 4.96. The van der Waals surface area contributed by atoms with Gasteiger partial charge < -0.3 is 18.6 Å². The lowest BCUT2D eigenvalue weighted by Gasteiger charge is -2.46. The molecule has 2 aliphatic heterocycles. The molecule has 4 bridgehead atoms. The quantitative estimate of drug-likeness (QED) is 0.217. The zero-order valence-corrected chi connectivity index (χ0v) is 26.7. The van der Waals surface area contributed by atoms with E-state index in [2.05, 4.69) is 72.5 Å². The van der Waals surface area contributed by atoms with Gasteiger partial charge in [0.1, 0.15) is 17.5 Å². The number of ether oxygens (including phenoxy) is 3. The highest BCUT2D eigenvalue weighted by molar-refractivity contribution is 6.74. The second-order valence-corrected chi connectivity index (χ2v) is 18.7. The first kappa shape index (κ1) is 30.4. The summed E-state index contributed by atoms with van der Waals surface area (Å²) in [6.45, 7) is 23.2. The van der Waals surface area contributed by atoms with Crippen LogP contribution in [-0.4, -0.2) is 57.2 Å². The Bertz CT molecular complexity index is 1040. The summed E-state index contributed by atoms with van der Waals surface area (Å²) in [5.74, 6) is -0.710. The molecule has 0 aromatic carbocycles. The van der Waals surface area contributed by atoms with E-state index in [1.165, 1.54) is 0 Å². The van der Waals surface area contributed by atoms with Crippen molar-refractivity contribution in [2.45, 2.75) is 109 Å². The highest BCUT2D eigenvalue weighted by atomic mass is 28.4. The molecule has 2 aliphatic carbocycles. The van der Waals surface area contributed by atoms with Gasteiger partial charge in [0.25, 0.3) is 0 Å². The number of Topliss-reactive ketones (excluding diaryl/α,β-unsaturated/α-hetero) is 1. The van der Waals surface area contributed by atoms with Crippen molar-refractivity contribution in [1.29, 1.82) is 0 Å². The number of hydrogen-bond acceptors (Lipinski definition) is 6. The molecule has 39 heavy (non-hydrogen) atoms. The molecule has 6 nitrogen and oxygen atoms in total. The average Bonchev–Trinajstić information content (AvgIpc) is 3.04. The van der Waals surface area contributed by atoms with Crippen LogP contribution < -0.4 is 0 Å². The van der Waals surface area contributed by atoms with Crippen LogP contribution in [0, 0.1) is 35.5 Å². The molecule has 1 saturated carbocycles. The van der Waals surface area contributed by atoms with Gasteiger partial charge in [0.05, 0.1) is 18.1 Å². The predicted molar refractivity (Wildman–Crippen MR) is 156 cm³/mol. The van der Waals surface area contributed by atoms with Crippen molar-refractivity contribution in [3.63, 3.8) is 0 Å².